The summed E-state index contributed by atoms with van der Waals surface area (Å²) >= 11 is 6.03. The number of ether oxygens (including phenoxy) is 4. The number of aromatic nitrogens is 4. The highest BCUT2D eigenvalue weighted by atomic mass is 35.5. The van der Waals surface area contributed by atoms with Gasteiger partial charge in [-0.2, -0.15) is 0 Å². The molecule has 26 heavy (non-hydrogen) atoms. The fourth-order valence-corrected chi connectivity index (χ4v) is 3.04. The predicted octanol–water partition coefficient (Wildman–Crippen LogP) is 0.887. The summed E-state index contributed by atoms with van der Waals surface area (Å²) in [5.41, 5.74) is 0.840. The van der Waals surface area contributed by atoms with E-state index in [-0.39, 0.29) is 11.8 Å². The Hall–Kier alpha value is -2.30. The molecule has 0 bridgehead atoms. The lowest BCUT2D eigenvalue weighted by Gasteiger charge is -2.22. The third-order valence-corrected chi connectivity index (χ3v) is 4.18. The minimum absolute atomic E-state index is 0.0913. The van der Waals surface area contributed by atoms with Crippen LogP contribution in [0.4, 0.5) is 0 Å². The number of rotatable bonds is 5. The van der Waals surface area contributed by atoms with Crippen LogP contribution < -0.4 is 0 Å². The summed E-state index contributed by atoms with van der Waals surface area (Å²) in [6, 6.07) is 0. The Balaban J connectivity index is 1.95. The van der Waals surface area contributed by atoms with E-state index in [1.54, 1.807) is 4.57 Å². The van der Waals surface area contributed by atoms with Crippen molar-refractivity contribution in [3.05, 3.63) is 17.8 Å². The van der Waals surface area contributed by atoms with Crippen LogP contribution in [0.15, 0.2) is 12.7 Å². The second-order valence-corrected chi connectivity index (χ2v) is 5.99. The number of carbonyl (C=O) groups is 2. The molecule has 11 heteroatoms. The highest BCUT2D eigenvalue weighted by Gasteiger charge is 2.49. The first-order valence-corrected chi connectivity index (χ1v) is 8.12. The molecule has 1 aliphatic rings. The summed E-state index contributed by atoms with van der Waals surface area (Å²) < 4.78 is 23.5. The molecule has 1 saturated heterocycles. The van der Waals surface area contributed by atoms with Gasteiger partial charge in [0.25, 0.3) is 0 Å². The number of fused-ring (bicyclic) bond motifs is 1. The van der Waals surface area contributed by atoms with Gasteiger partial charge in [-0.25, -0.2) is 15.0 Å². The zero-order valence-corrected chi connectivity index (χ0v) is 15.0. The van der Waals surface area contributed by atoms with Crippen molar-refractivity contribution in [3.8, 4) is 0 Å². The van der Waals surface area contributed by atoms with Crippen LogP contribution in [0.1, 0.15) is 20.1 Å². The Labute approximate surface area is 153 Å². The van der Waals surface area contributed by atoms with Gasteiger partial charge < -0.3 is 18.9 Å². The van der Waals surface area contributed by atoms with Gasteiger partial charge in [-0.05, 0) is 0 Å². The number of imidazole rings is 1. The molecule has 3 heterocycles. The number of esters is 2. The third-order valence-electron chi connectivity index (χ3n) is 3.90. The van der Waals surface area contributed by atoms with E-state index >= 15 is 0 Å². The highest BCUT2D eigenvalue weighted by Crippen LogP contribution is 2.35. The van der Waals surface area contributed by atoms with Gasteiger partial charge in [0.1, 0.15) is 30.7 Å². The van der Waals surface area contributed by atoms with Crippen molar-refractivity contribution in [2.45, 2.75) is 38.4 Å². The molecule has 2 aromatic heterocycles. The SMILES string of the molecule is COC1C(OC(C)=O)[C@@H](COC(C)=O)O[C@H]1n1cnc2c(Cl)ncnc21. The lowest BCUT2D eigenvalue weighted by molar-refractivity contribution is -0.157. The maximum Gasteiger partial charge on any atom is 0.303 e. The van der Waals surface area contributed by atoms with Crippen LogP contribution in [0.2, 0.25) is 5.15 Å². The molecule has 0 aliphatic carbocycles. The largest absolute Gasteiger partial charge is 0.463 e. The molecular formula is C15H17ClN4O6. The second kappa shape index (κ2) is 7.52. The van der Waals surface area contributed by atoms with E-state index in [0.717, 1.165) is 0 Å². The van der Waals surface area contributed by atoms with Gasteiger partial charge in [0, 0.05) is 21.0 Å². The number of carbonyl (C=O) groups excluding carboxylic acids is 2. The summed E-state index contributed by atoms with van der Waals surface area (Å²) in [5, 5.41) is 0.203. The van der Waals surface area contributed by atoms with E-state index in [4.69, 9.17) is 30.5 Å². The molecule has 1 aliphatic heterocycles. The lowest BCUT2D eigenvalue weighted by atomic mass is 10.1. The van der Waals surface area contributed by atoms with E-state index < -0.39 is 36.5 Å². The van der Waals surface area contributed by atoms with Gasteiger partial charge in [-0.1, -0.05) is 11.6 Å². The summed E-state index contributed by atoms with van der Waals surface area (Å²) in [5.74, 6) is -0.977. The Morgan fingerprint density at radius 2 is 2.00 bits per heavy atom. The van der Waals surface area contributed by atoms with E-state index in [1.807, 2.05) is 0 Å². The van der Waals surface area contributed by atoms with Crippen molar-refractivity contribution in [3.63, 3.8) is 0 Å². The molecule has 4 atom stereocenters. The number of halogens is 1. The molecule has 0 aromatic carbocycles. The zero-order chi connectivity index (χ0) is 18.8. The van der Waals surface area contributed by atoms with Gasteiger partial charge in [0.05, 0.1) is 6.33 Å². The van der Waals surface area contributed by atoms with Crippen LogP contribution in [0.3, 0.4) is 0 Å². The van der Waals surface area contributed by atoms with Crippen LogP contribution in [0, 0.1) is 0 Å². The maximum atomic E-state index is 11.5. The van der Waals surface area contributed by atoms with E-state index in [0.29, 0.717) is 11.2 Å². The molecule has 0 radical (unpaired) electrons. The summed E-state index contributed by atoms with van der Waals surface area (Å²) in [6.45, 7) is 2.47. The normalized spacial score (nSPS) is 25.4. The predicted molar refractivity (Wildman–Crippen MR) is 87.2 cm³/mol. The van der Waals surface area contributed by atoms with Crippen LogP contribution >= 0.6 is 11.6 Å². The van der Waals surface area contributed by atoms with Crippen molar-refractivity contribution >= 4 is 34.7 Å². The van der Waals surface area contributed by atoms with Crippen molar-refractivity contribution in [2.24, 2.45) is 0 Å². The molecule has 140 valence electrons. The van der Waals surface area contributed by atoms with Gasteiger partial charge in [-0.3, -0.25) is 14.2 Å². The highest BCUT2D eigenvalue weighted by molar-refractivity contribution is 6.33. The summed E-state index contributed by atoms with van der Waals surface area (Å²) in [6.07, 6.45) is -0.101. The summed E-state index contributed by atoms with van der Waals surface area (Å²) in [7, 11) is 1.47. The van der Waals surface area contributed by atoms with Gasteiger partial charge in [0.2, 0.25) is 0 Å². The Morgan fingerprint density at radius 1 is 1.23 bits per heavy atom. The molecule has 10 nitrogen and oxygen atoms in total. The Morgan fingerprint density at radius 3 is 2.65 bits per heavy atom. The minimum atomic E-state index is -0.781. The van der Waals surface area contributed by atoms with Crippen LogP contribution in [0.5, 0.6) is 0 Å². The van der Waals surface area contributed by atoms with E-state index in [9.17, 15) is 9.59 Å². The summed E-state index contributed by atoms with van der Waals surface area (Å²) in [4.78, 5) is 34.9. The van der Waals surface area contributed by atoms with Crippen molar-refractivity contribution in [1.29, 1.82) is 0 Å². The maximum absolute atomic E-state index is 11.5. The third kappa shape index (κ3) is 3.48. The average Bonchev–Trinajstić information content (AvgIpc) is 3.14. The van der Waals surface area contributed by atoms with Gasteiger partial charge in [-0.15, -0.1) is 0 Å². The molecule has 0 spiro atoms. The van der Waals surface area contributed by atoms with Gasteiger partial charge >= 0.3 is 11.9 Å². The molecule has 0 amide bonds. The first-order valence-electron chi connectivity index (χ1n) is 7.74. The molecule has 1 fully saturated rings. The Bertz CT molecular complexity index is 828. The lowest BCUT2D eigenvalue weighted by Crippen LogP contribution is -2.39. The quantitative estimate of drug-likeness (QED) is 0.547. The van der Waals surface area contributed by atoms with E-state index in [2.05, 4.69) is 15.0 Å². The Kier molecular flexibility index (Phi) is 5.35. The van der Waals surface area contributed by atoms with Crippen LogP contribution in [0.25, 0.3) is 11.2 Å². The van der Waals surface area contributed by atoms with Gasteiger partial charge in [0.15, 0.2) is 23.1 Å². The topological polar surface area (TPSA) is 115 Å². The minimum Gasteiger partial charge on any atom is -0.463 e. The van der Waals surface area contributed by atoms with E-state index in [1.165, 1.54) is 33.6 Å². The molecule has 0 N–H and O–H groups in total. The molecular weight excluding hydrogens is 368 g/mol. The monoisotopic (exact) mass is 384 g/mol. The van der Waals surface area contributed by atoms with Crippen molar-refractivity contribution in [1.82, 2.24) is 19.5 Å². The fourth-order valence-electron chi connectivity index (χ4n) is 2.86. The zero-order valence-electron chi connectivity index (χ0n) is 14.3. The molecule has 3 rings (SSSR count). The molecule has 2 aromatic rings. The number of methoxy groups -OCH3 is 1. The molecule has 2 unspecified atom stereocenters. The van der Waals surface area contributed by atoms with Crippen molar-refractivity contribution < 1.29 is 28.5 Å². The van der Waals surface area contributed by atoms with Crippen molar-refractivity contribution in [2.75, 3.05) is 13.7 Å². The molecule has 0 saturated carbocycles. The first-order chi connectivity index (χ1) is 12.4. The van der Waals surface area contributed by atoms with Crippen LogP contribution in [-0.4, -0.2) is 63.5 Å². The standard InChI is InChI=1S/C15H17ClN4O6/c1-7(21)24-4-9-11(25-8(2)22)12(23-3)15(26-9)20-6-19-10-13(16)17-5-18-14(10)20/h5-6,9,11-12,15H,4H2,1-3H3/t9-,11?,12?,15-/m1/s1. The second-order valence-electron chi connectivity index (χ2n) is 5.63. The average molecular weight is 385 g/mol. The first kappa shape index (κ1) is 18.5. The number of hydrogen-bond donors (Lipinski definition) is 0. The van der Waals surface area contributed by atoms with Crippen LogP contribution in [-0.2, 0) is 28.5 Å². The smallest absolute Gasteiger partial charge is 0.303 e. The fraction of sp³-hybridized carbons (Fsp3) is 0.533. The number of nitrogens with zero attached hydrogens (tertiary/aromatic N) is 4. The number of hydrogen-bond acceptors (Lipinski definition) is 9.